The third kappa shape index (κ3) is 9.37. The molecule has 5 aliphatic carbocycles. The molecule has 0 unspecified atom stereocenters. The Bertz CT molecular complexity index is 2210. The van der Waals surface area contributed by atoms with Gasteiger partial charge in [0.15, 0.2) is 5.96 Å². The van der Waals surface area contributed by atoms with Gasteiger partial charge in [0, 0.05) is 59.2 Å². The van der Waals surface area contributed by atoms with E-state index < -0.39 is 5.60 Å². The first-order chi connectivity index (χ1) is 31.4. The van der Waals surface area contributed by atoms with Gasteiger partial charge in [0.05, 0.1) is 35.9 Å². The Morgan fingerprint density at radius 1 is 0.985 bits per heavy atom. The van der Waals surface area contributed by atoms with E-state index in [9.17, 15) is 10.2 Å². The number of nitrogens with zero attached hydrogens (tertiary/aromatic N) is 1. The van der Waals surface area contributed by atoms with Gasteiger partial charge in [-0.15, -0.1) is 0 Å². The highest BCUT2D eigenvalue weighted by Crippen LogP contribution is 2.69. The van der Waals surface area contributed by atoms with Crippen molar-refractivity contribution in [1.29, 1.82) is 0 Å². The number of aliphatic imine (C=N–C) groups is 1. The maximum absolute atomic E-state index is 11.4. The summed E-state index contributed by atoms with van der Waals surface area (Å²) in [6.45, 7) is 11.5. The number of guanidine groups is 1. The normalized spacial score (nSPS) is 40.3. The lowest BCUT2D eigenvalue weighted by atomic mass is 9.46. The second-order valence-corrected chi connectivity index (χ2v) is 25.4. The van der Waals surface area contributed by atoms with E-state index in [2.05, 4.69) is 67.9 Å². The monoisotopic (exact) mass is 923 g/mol. The molecule has 3 heterocycles. The molecule has 65 heavy (non-hydrogen) atoms. The van der Waals surface area contributed by atoms with E-state index in [4.69, 9.17) is 26.5 Å². The number of nitrogens with one attached hydrogen (secondary N) is 2. The first kappa shape index (κ1) is 46.3. The van der Waals surface area contributed by atoms with E-state index in [1.165, 1.54) is 84.6 Å². The van der Waals surface area contributed by atoms with E-state index >= 15 is 0 Å². The Morgan fingerprint density at radius 2 is 1.86 bits per heavy atom. The summed E-state index contributed by atoms with van der Waals surface area (Å²) in [5.74, 6) is 5.94. The summed E-state index contributed by atoms with van der Waals surface area (Å²) < 4.78 is 12.5. The fourth-order valence-corrected chi connectivity index (χ4v) is 17.7. The standard InChI is InChI=1S/C55H78N4O4S2/c1-35-25-54(22-17-36(26-54)18-23-55(61)20-7-11-43(60)27-55)50-53(3,63-50)21-19-48-45(35)28-52(48,2)42-16-15-38(24-42)49-34-65-64-33-47-37(8-5-9-39(47)29-57-4)13-14-40(30-58-51(56)59-49)44-12-6-10-41-31-62-32-46(41)44/h5-6,8-10,12,31-32,36,38,40,42-43,45,48-50,57,60-61H,1,7,11,13-30,33-34H2,2-4H3,(H3,56,58,59)/t36-,38-,40+,42+,43-,45+,48+,49+,50+,52+,53+,54+,55-/m0/s1. The summed E-state index contributed by atoms with van der Waals surface area (Å²) in [5.41, 5.74) is 13.8. The van der Waals surface area contributed by atoms with Crippen molar-refractivity contribution in [3.63, 3.8) is 0 Å². The Balaban J connectivity index is 0.826. The number of aryl methyl sites for hydroxylation is 1. The van der Waals surface area contributed by atoms with Crippen LogP contribution in [0.5, 0.6) is 0 Å². The fraction of sp³-hybridized carbons (Fsp3) is 0.691. The van der Waals surface area contributed by atoms with Crippen LogP contribution in [0.25, 0.3) is 10.8 Å². The molecule has 5 saturated carbocycles. The van der Waals surface area contributed by atoms with E-state index in [1.54, 1.807) is 0 Å². The molecule has 10 heteroatoms. The molecule has 3 aromatic rings. The molecule has 10 rings (SSSR count). The average Bonchev–Trinajstić information content (AvgIpc) is 3.74. The molecule has 7 aliphatic rings. The number of aliphatic hydroxyl groups excluding tert-OH is 1. The van der Waals surface area contributed by atoms with Gasteiger partial charge in [0.1, 0.15) is 0 Å². The molecule has 1 spiro atoms. The van der Waals surface area contributed by atoms with Gasteiger partial charge in [0.2, 0.25) is 0 Å². The van der Waals surface area contributed by atoms with Crippen LogP contribution in [0.4, 0.5) is 0 Å². The highest BCUT2D eigenvalue weighted by molar-refractivity contribution is 8.76. The molecular weight excluding hydrogens is 845 g/mol. The number of ether oxygens (including phenoxy) is 1. The number of hydrogen-bond donors (Lipinski definition) is 5. The highest BCUT2D eigenvalue weighted by atomic mass is 33.1. The number of epoxide rings is 1. The van der Waals surface area contributed by atoms with Gasteiger partial charge in [-0.05, 0) is 180 Å². The predicted molar refractivity (Wildman–Crippen MR) is 269 cm³/mol. The minimum Gasteiger partial charge on any atom is -0.471 e. The number of benzene rings is 2. The zero-order valence-corrected chi connectivity index (χ0v) is 41.3. The molecule has 13 atom stereocenters. The molecule has 6 N–H and O–H groups in total. The maximum atomic E-state index is 11.4. The van der Waals surface area contributed by atoms with Gasteiger partial charge < -0.3 is 35.7 Å². The summed E-state index contributed by atoms with van der Waals surface area (Å²) >= 11 is 0. The van der Waals surface area contributed by atoms with Crippen LogP contribution in [0.1, 0.15) is 151 Å². The molecule has 8 nitrogen and oxygen atoms in total. The molecular formula is C55H78N4O4S2. The lowest BCUT2D eigenvalue weighted by molar-refractivity contribution is -0.0696. The molecule has 1 saturated heterocycles. The van der Waals surface area contributed by atoms with Gasteiger partial charge in [-0.1, -0.05) is 77.1 Å². The van der Waals surface area contributed by atoms with E-state index in [1.807, 2.05) is 34.1 Å². The number of hydrogen-bond acceptors (Lipinski definition) is 10. The van der Waals surface area contributed by atoms with Crippen molar-refractivity contribution in [2.75, 3.05) is 19.3 Å². The topological polar surface area (TPSA) is 129 Å². The highest BCUT2D eigenvalue weighted by Gasteiger charge is 2.67. The van der Waals surface area contributed by atoms with Crippen LogP contribution in [0.2, 0.25) is 0 Å². The summed E-state index contributed by atoms with van der Waals surface area (Å²) in [6.07, 6.45) is 22.9. The number of fused-ring (bicyclic) bond motifs is 5. The summed E-state index contributed by atoms with van der Waals surface area (Å²) in [5, 5.41) is 31.3. The lowest BCUT2D eigenvalue weighted by Gasteiger charge is -2.58. The van der Waals surface area contributed by atoms with Crippen LogP contribution in [0.15, 0.2) is 70.5 Å². The Labute approximate surface area is 397 Å². The van der Waals surface area contributed by atoms with Gasteiger partial charge in [-0.3, -0.25) is 4.99 Å². The van der Waals surface area contributed by atoms with Crippen molar-refractivity contribution in [3.05, 3.63) is 83.3 Å². The molecule has 6 fully saturated rings. The maximum Gasteiger partial charge on any atom is 0.188 e. The first-order valence-corrected chi connectivity index (χ1v) is 28.1. The summed E-state index contributed by atoms with van der Waals surface area (Å²) in [7, 11) is 6.07. The Kier molecular flexibility index (Phi) is 13.4. The fourth-order valence-electron chi connectivity index (χ4n) is 15.2. The SMILES string of the molecule is C=C1C[C@@]2(CC[C@@H](CC[C@@]3(O)CCC[C@H](O)C3)C2)[C@@H]2O[C@]2(C)CC[C@@H]2[C@@H]1C[C@]2(C)[C@@H]1CC[C@H]([C@H]2CSSCc3c(cccc3CNC)CC[C@@H](c3cccc4cocc34)CN=C(N)N2)C1. The molecule has 2 aliphatic heterocycles. The quantitative estimate of drug-likeness (QED) is 0.0852. The molecule has 0 bridgehead atoms. The van der Waals surface area contributed by atoms with E-state index in [0.717, 1.165) is 81.2 Å². The number of nitrogens with two attached hydrogens (primary N) is 1. The van der Waals surface area contributed by atoms with Crippen LogP contribution < -0.4 is 16.4 Å². The van der Waals surface area contributed by atoms with Crippen molar-refractivity contribution in [3.8, 4) is 0 Å². The molecule has 354 valence electrons. The zero-order valence-electron chi connectivity index (χ0n) is 39.6. The third-order valence-corrected chi connectivity index (χ3v) is 21.2. The van der Waals surface area contributed by atoms with E-state index in [-0.39, 0.29) is 29.1 Å². The van der Waals surface area contributed by atoms with E-state index in [0.29, 0.717) is 60.0 Å². The summed E-state index contributed by atoms with van der Waals surface area (Å²) in [4.78, 5) is 5.15. The molecule has 0 radical (unpaired) electrons. The smallest absolute Gasteiger partial charge is 0.188 e. The Morgan fingerprint density at radius 3 is 2.72 bits per heavy atom. The van der Waals surface area contributed by atoms with Gasteiger partial charge in [0.25, 0.3) is 0 Å². The van der Waals surface area contributed by atoms with Crippen molar-refractivity contribution in [2.24, 2.45) is 51.1 Å². The first-order valence-electron chi connectivity index (χ1n) is 25.6. The number of aliphatic hydroxyl groups is 2. The largest absolute Gasteiger partial charge is 0.471 e. The van der Waals surface area contributed by atoms with Crippen molar-refractivity contribution < 1.29 is 19.4 Å². The zero-order chi connectivity index (χ0) is 45.0. The van der Waals surface area contributed by atoms with Crippen LogP contribution in [-0.2, 0) is 23.5 Å². The number of allylic oxidation sites excluding steroid dienone is 1. The minimum atomic E-state index is -0.687. The second-order valence-electron chi connectivity index (χ2n) is 22.9. The second kappa shape index (κ2) is 18.8. The lowest BCUT2D eigenvalue weighted by Crippen LogP contribution is -2.51. The van der Waals surface area contributed by atoms with Crippen molar-refractivity contribution >= 4 is 38.3 Å². The predicted octanol–water partition coefficient (Wildman–Crippen LogP) is 11.2. The summed E-state index contributed by atoms with van der Waals surface area (Å²) in [6, 6.07) is 13.7. The molecule has 1 aromatic heterocycles. The minimum absolute atomic E-state index is 0.0237. The number of rotatable bonds is 8. The Hall–Kier alpha value is -2.47. The average molecular weight is 923 g/mol. The number of furan rings is 1. The van der Waals surface area contributed by atoms with Gasteiger partial charge in [-0.25, -0.2) is 0 Å². The van der Waals surface area contributed by atoms with Gasteiger partial charge >= 0.3 is 0 Å². The van der Waals surface area contributed by atoms with Crippen molar-refractivity contribution in [2.45, 2.75) is 177 Å². The van der Waals surface area contributed by atoms with Crippen LogP contribution in [0.3, 0.4) is 0 Å². The van der Waals surface area contributed by atoms with Crippen molar-refractivity contribution in [1.82, 2.24) is 10.6 Å². The van der Waals surface area contributed by atoms with Crippen LogP contribution >= 0.6 is 21.6 Å². The van der Waals surface area contributed by atoms with Crippen LogP contribution in [0, 0.1) is 40.4 Å². The van der Waals surface area contributed by atoms with Crippen LogP contribution in [-0.4, -0.2) is 65.0 Å². The van der Waals surface area contributed by atoms with Gasteiger partial charge in [-0.2, -0.15) is 0 Å². The third-order valence-electron chi connectivity index (χ3n) is 18.9. The molecule has 0 amide bonds. The molecule has 2 aromatic carbocycles.